The lowest BCUT2D eigenvalue weighted by molar-refractivity contribution is -0.128. The molecule has 2 amide bonds. The number of thiol groups is 2. The Hall–Kier alpha value is -0.400. The SMILES string of the molecule is CCN[C@H](CS)C(=O)N[C@@H](CS)C(=O)NC. The van der Waals surface area contributed by atoms with Crippen LogP contribution >= 0.6 is 25.3 Å². The van der Waals surface area contributed by atoms with Crippen LogP contribution in [0, 0.1) is 0 Å². The topological polar surface area (TPSA) is 70.2 Å². The van der Waals surface area contributed by atoms with E-state index in [-0.39, 0.29) is 23.6 Å². The summed E-state index contributed by atoms with van der Waals surface area (Å²) in [6.45, 7) is 2.57. The Labute approximate surface area is 107 Å². The van der Waals surface area contributed by atoms with Crippen LogP contribution in [0.2, 0.25) is 0 Å². The standard InChI is InChI=1S/C9H19N3O2S2/c1-3-11-6(4-15)9(14)12-7(5-16)8(13)10-2/h6-7,11,15-16H,3-5H2,1-2H3,(H,10,13)(H,12,14)/t6-,7+/m1/s1. The first-order chi connectivity index (χ1) is 7.60. The van der Waals surface area contributed by atoms with Gasteiger partial charge in [0, 0.05) is 18.6 Å². The zero-order chi connectivity index (χ0) is 12.6. The molecule has 0 heterocycles. The highest BCUT2D eigenvalue weighted by atomic mass is 32.1. The van der Waals surface area contributed by atoms with Crippen molar-refractivity contribution >= 4 is 37.1 Å². The highest BCUT2D eigenvalue weighted by Crippen LogP contribution is 1.93. The lowest BCUT2D eigenvalue weighted by Crippen LogP contribution is -2.53. The molecule has 0 aromatic rings. The molecule has 0 unspecified atom stereocenters. The molecule has 0 radical (unpaired) electrons. The summed E-state index contributed by atoms with van der Waals surface area (Å²) in [7, 11) is 1.52. The van der Waals surface area contributed by atoms with Gasteiger partial charge in [-0.1, -0.05) is 6.92 Å². The van der Waals surface area contributed by atoms with Crippen LogP contribution in [0.3, 0.4) is 0 Å². The third kappa shape index (κ3) is 5.09. The van der Waals surface area contributed by atoms with E-state index < -0.39 is 6.04 Å². The van der Waals surface area contributed by atoms with Crippen molar-refractivity contribution in [2.24, 2.45) is 0 Å². The zero-order valence-corrected chi connectivity index (χ0v) is 11.3. The van der Waals surface area contributed by atoms with Gasteiger partial charge < -0.3 is 16.0 Å². The second-order valence-corrected chi connectivity index (χ2v) is 3.88. The lowest BCUT2D eigenvalue weighted by Gasteiger charge is -2.19. The summed E-state index contributed by atoms with van der Waals surface area (Å²) < 4.78 is 0. The molecule has 94 valence electrons. The maximum atomic E-state index is 11.7. The van der Waals surface area contributed by atoms with Crippen LogP contribution in [0.25, 0.3) is 0 Å². The predicted octanol–water partition coefficient (Wildman–Crippen LogP) is -0.945. The second-order valence-electron chi connectivity index (χ2n) is 3.15. The predicted molar refractivity (Wildman–Crippen MR) is 71.2 cm³/mol. The molecule has 7 heteroatoms. The average Bonchev–Trinajstić information content (AvgIpc) is 2.31. The Bertz CT molecular complexity index is 239. The van der Waals surface area contributed by atoms with Gasteiger partial charge in [0.25, 0.3) is 0 Å². The zero-order valence-electron chi connectivity index (χ0n) is 9.49. The summed E-state index contributed by atoms with van der Waals surface area (Å²) in [5.74, 6) is 0.154. The fourth-order valence-electron chi connectivity index (χ4n) is 1.13. The molecule has 0 bridgehead atoms. The number of nitrogens with one attached hydrogen (secondary N) is 3. The third-order valence-electron chi connectivity index (χ3n) is 2.01. The molecular formula is C9H19N3O2S2. The quantitative estimate of drug-likeness (QED) is 0.386. The fourth-order valence-corrected chi connectivity index (χ4v) is 1.68. The van der Waals surface area contributed by atoms with Crippen LogP contribution in [0.4, 0.5) is 0 Å². The maximum absolute atomic E-state index is 11.7. The normalized spacial score (nSPS) is 14.0. The summed E-state index contributed by atoms with van der Waals surface area (Å²) in [4.78, 5) is 23.1. The van der Waals surface area contributed by atoms with Crippen molar-refractivity contribution in [3.05, 3.63) is 0 Å². The van der Waals surface area contributed by atoms with Crippen molar-refractivity contribution in [3.63, 3.8) is 0 Å². The second kappa shape index (κ2) is 8.72. The number of amides is 2. The van der Waals surface area contributed by atoms with Gasteiger partial charge in [-0.2, -0.15) is 25.3 Å². The van der Waals surface area contributed by atoms with Crippen molar-refractivity contribution in [3.8, 4) is 0 Å². The summed E-state index contributed by atoms with van der Waals surface area (Å²) in [5, 5.41) is 8.06. The van der Waals surface area contributed by atoms with Crippen LogP contribution in [0.1, 0.15) is 6.92 Å². The van der Waals surface area contributed by atoms with E-state index in [1.165, 1.54) is 7.05 Å². The van der Waals surface area contributed by atoms with Crippen molar-refractivity contribution in [2.75, 3.05) is 25.1 Å². The van der Waals surface area contributed by atoms with E-state index in [4.69, 9.17) is 0 Å². The van der Waals surface area contributed by atoms with Gasteiger partial charge in [-0.05, 0) is 6.54 Å². The minimum Gasteiger partial charge on any atom is -0.357 e. The first kappa shape index (κ1) is 15.6. The average molecular weight is 265 g/mol. The number of likely N-dealkylation sites (N-methyl/N-ethyl adjacent to an activating group) is 2. The number of carbonyl (C=O) groups is 2. The van der Waals surface area contributed by atoms with Crippen molar-refractivity contribution in [1.82, 2.24) is 16.0 Å². The van der Waals surface area contributed by atoms with Gasteiger partial charge in [-0.25, -0.2) is 0 Å². The van der Waals surface area contributed by atoms with Crippen LogP contribution in [-0.4, -0.2) is 49.0 Å². The van der Waals surface area contributed by atoms with Crippen LogP contribution in [0.5, 0.6) is 0 Å². The Morgan fingerprint density at radius 3 is 2.06 bits per heavy atom. The molecule has 2 atom stereocenters. The number of hydrogen-bond acceptors (Lipinski definition) is 5. The Morgan fingerprint density at radius 2 is 1.69 bits per heavy atom. The van der Waals surface area contributed by atoms with Gasteiger partial charge in [-0.15, -0.1) is 0 Å². The first-order valence-corrected chi connectivity index (χ1v) is 6.34. The van der Waals surface area contributed by atoms with Gasteiger partial charge in [0.15, 0.2) is 0 Å². The molecule has 0 saturated carbocycles. The lowest BCUT2D eigenvalue weighted by atomic mass is 10.2. The molecule has 5 nitrogen and oxygen atoms in total. The van der Waals surface area contributed by atoms with E-state index in [2.05, 4.69) is 41.2 Å². The van der Waals surface area contributed by atoms with Crippen molar-refractivity contribution in [2.45, 2.75) is 19.0 Å². The molecular weight excluding hydrogens is 246 g/mol. The number of carbonyl (C=O) groups excluding carboxylic acids is 2. The van der Waals surface area contributed by atoms with Crippen LogP contribution < -0.4 is 16.0 Å². The first-order valence-electron chi connectivity index (χ1n) is 5.07. The van der Waals surface area contributed by atoms with Gasteiger partial charge in [0.1, 0.15) is 6.04 Å². The van der Waals surface area contributed by atoms with E-state index in [0.717, 1.165) is 0 Å². The smallest absolute Gasteiger partial charge is 0.243 e. The molecule has 0 saturated heterocycles. The van der Waals surface area contributed by atoms with Crippen LogP contribution in [-0.2, 0) is 9.59 Å². The molecule has 3 N–H and O–H groups in total. The summed E-state index contributed by atoms with van der Waals surface area (Å²) in [6.07, 6.45) is 0. The summed E-state index contributed by atoms with van der Waals surface area (Å²) in [6, 6.07) is -0.998. The third-order valence-corrected chi connectivity index (χ3v) is 2.74. The van der Waals surface area contributed by atoms with E-state index in [9.17, 15) is 9.59 Å². The molecule has 0 aliphatic heterocycles. The van der Waals surface area contributed by atoms with Crippen LogP contribution in [0.15, 0.2) is 0 Å². The van der Waals surface area contributed by atoms with Gasteiger partial charge in [-0.3, -0.25) is 9.59 Å². The minimum absolute atomic E-state index is 0.237. The maximum Gasteiger partial charge on any atom is 0.243 e. The summed E-state index contributed by atoms with van der Waals surface area (Å²) >= 11 is 8.09. The number of rotatable bonds is 7. The largest absolute Gasteiger partial charge is 0.357 e. The highest BCUT2D eigenvalue weighted by molar-refractivity contribution is 7.80. The molecule has 0 aromatic carbocycles. The monoisotopic (exact) mass is 265 g/mol. The molecule has 0 spiro atoms. The Balaban J connectivity index is 4.32. The fraction of sp³-hybridized carbons (Fsp3) is 0.778. The van der Waals surface area contributed by atoms with E-state index in [1.54, 1.807) is 0 Å². The van der Waals surface area contributed by atoms with Crippen molar-refractivity contribution < 1.29 is 9.59 Å². The summed E-state index contributed by atoms with van der Waals surface area (Å²) in [5.41, 5.74) is 0. The van der Waals surface area contributed by atoms with Gasteiger partial charge >= 0.3 is 0 Å². The Kier molecular flexibility index (Phi) is 8.50. The van der Waals surface area contributed by atoms with Gasteiger partial charge in [0.2, 0.25) is 11.8 Å². The molecule has 16 heavy (non-hydrogen) atoms. The van der Waals surface area contributed by atoms with E-state index >= 15 is 0 Å². The molecule has 0 aliphatic rings. The molecule has 0 rings (SSSR count). The van der Waals surface area contributed by atoms with E-state index in [0.29, 0.717) is 12.3 Å². The molecule has 0 fully saturated rings. The highest BCUT2D eigenvalue weighted by Gasteiger charge is 2.22. The number of hydrogen-bond donors (Lipinski definition) is 5. The van der Waals surface area contributed by atoms with Crippen molar-refractivity contribution in [1.29, 1.82) is 0 Å². The minimum atomic E-state index is -0.609. The van der Waals surface area contributed by atoms with Gasteiger partial charge in [0.05, 0.1) is 6.04 Å². The van der Waals surface area contributed by atoms with E-state index in [1.807, 2.05) is 6.92 Å². The molecule has 0 aliphatic carbocycles. The Morgan fingerprint density at radius 1 is 1.12 bits per heavy atom. The molecule has 0 aromatic heterocycles.